The van der Waals surface area contributed by atoms with Gasteiger partial charge in [-0.3, -0.25) is 9.89 Å². The second kappa shape index (κ2) is 5.81. The minimum Gasteiger partial charge on any atom is -0.323 e. The van der Waals surface area contributed by atoms with Crippen LogP contribution in [0.15, 0.2) is 12.4 Å². The molecule has 0 aliphatic carbocycles. The van der Waals surface area contributed by atoms with E-state index in [2.05, 4.69) is 21.4 Å². The lowest BCUT2D eigenvalue weighted by Gasteiger charge is -2.00. The first kappa shape index (κ1) is 10.3. The number of aromatic amines is 1. The van der Waals surface area contributed by atoms with E-state index in [4.69, 9.17) is 6.42 Å². The van der Waals surface area contributed by atoms with Crippen molar-refractivity contribution in [2.24, 2.45) is 0 Å². The van der Waals surface area contributed by atoms with Gasteiger partial charge in [-0.1, -0.05) is 0 Å². The molecule has 0 fully saturated rings. The van der Waals surface area contributed by atoms with E-state index in [9.17, 15) is 4.79 Å². The van der Waals surface area contributed by atoms with Crippen LogP contribution in [0.4, 0.5) is 5.69 Å². The highest BCUT2D eigenvalue weighted by Gasteiger charge is 2.01. The molecule has 4 heteroatoms. The highest BCUT2D eigenvalue weighted by Crippen LogP contribution is 2.04. The first-order valence-electron chi connectivity index (χ1n) is 4.55. The summed E-state index contributed by atoms with van der Waals surface area (Å²) in [7, 11) is 0. The first-order valence-corrected chi connectivity index (χ1v) is 4.55. The summed E-state index contributed by atoms with van der Waals surface area (Å²) < 4.78 is 0. The molecule has 0 aliphatic heterocycles. The molecule has 0 saturated heterocycles. The molecule has 0 atom stereocenters. The molecule has 0 spiro atoms. The third-order valence-electron chi connectivity index (χ3n) is 1.76. The van der Waals surface area contributed by atoms with E-state index < -0.39 is 0 Å². The predicted molar refractivity (Wildman–Crippen MR) is 54.5 cm³/mol. The number of H-pyrrole nitrogens is 1. The summed E-state index contributed by atoms with van der Waals surface area (Å²) in [6.07, 6.45) is 11.3. The summed E-state index contributed by atoms with van der Waals surface area (Å²) in [6, 6.07) is 0. The normalized spacial score (nSPS) is 9.36. The van der Waals surface area contributed by atoms with Gasteiger partial charge in [-0.05, 0) is 12.8 Å². The predicted octanol–water partition coefficient (Wildman–Crippen LogP) is 1.54. The Morgan fingerprint density at radius 2 is 2.50 bits per heavy atom. The van der Waals surface area contributed by atoms with E-state index >= 15 is 0 Å². The lowest BCUT2D eigenvalue weighted by Crippen LogP contribution is -2.10. The van der Waals surface area contributed by atoms with Crippen LogP contribution in [0.1, 0.15) is 25.7 Å². The molecule has 1 aromatic rings. The van der Waals surface area contributed by atoms with Crippen LogP contribution >= 0.6 is 0 Å². The van der Waals surface area contributed by atoms with Crippen molar-refractivity contribution in [2.45, 2.75) is 25.7 Å². The van der Waals surface area contributed by atoms with Gasteiger partial charge in [0.15, 0.2) is 0 Å². The van der Waals surface area contributed by atoms with Crippen molar-refractivity contribution >= 4 is 11.6 Å². The monoisotopic (exact) mass is 191 g/mol. The zero-order valence-corrected chi connectivity index (χ0v) is 7.92. The topological polar surface area (TPSA) is 57.8 Å². The number of rotatable bonds is 5. The van der Waals surface area contributed by atoms with Gasteiger partial charge in [0.1, 0.15) is 0 Å². The molecule has 14 heavy (non-hydrogen) atoms. The van der Waals surface area contributed by atoms with Crippen molar-refractivity contribution in [3.05, 3.63) is 12.4 Å². The SMILES string of the molecule is C#CCCCCC(=O)Nc1cn[nH]c1. The van der Waals surface area contributed by atoms with Crippen molar-refractivity contribution in [3.63, 3.8) is 0 Å². The number of amides is 1. The van der Waals surface area contributed by atoms with Crippen LogP contribution in [0.25, 0.3) is 0 Å². The summed E-state index contributed by atoms with van der Waals surface area (Å²) in [6.45, 7) is 0. The maximum absolute atomic E-state index is 11.3. The Labute approximate surface area is 83.1 Å². The molecule has 1 amide bonds. The van der Waals surface area contributed by atoms with Crippen LogP contribution < -0.4 is 5.32 Å². The van der Waals surface area contributed by atoms with E-state index in [1.807, 2.05) is 0 Å². The second-order valence-corrected chi connectivity index (χ2v) is 2.95. The number of carbonyl (C=O) groups is 1. The van der Waals surface area contributed by atoms with Gasteiger partial charge in [-0.15, -0.1) is 12.3 Å². The van der Waals surface area contributed by atoms with Crippen molar-refractivity contribution < 1.29 is 4.79 Å². The molecule has 0 unspecified atom stereocenters. The Bertz CT molecular complexity index is 311. The van der Waals surface area contributed by atoms with Gasteiger partial charge in [0.05, 0.1) is 11.9 Å². The van der Waals surface area contributed by atoms with Crippen LogP contribution in [-0.4, -0.2) is 16.1 Å². The molecule has 2 N–H and O–H groups in total. The summed E-state index contributed by atoms with van der Waals surface area (Å²) in [4.78, 5) is 11.3. The standard InChI is InChI=1S/C10H13N3O/c1-2-3-4-5-6-10(14)13-9-7-11-12-8-9/h1,7-8H,3-6H2,(H,11,12)(H,13,14). The molecule has 0 aromatic carbocycles. The average molecular weight is 191 g/mol. The smallest absolute Gasteiger partial charge is 0.224 e. The molecule has 0 saturated carbocycles. The Balaban J connectivity index is 2.14. The number of nitrogens with zero attached hydrogens (tertiary/aromatic N) is 1. The fourth-order valence-corrected chi connectivity index (χ4v) is 1.06. The minimum atomic E-state index is 0.00317. The zero-order chi connectivity index (χ0) is 10.2. The first-order chi connectivity index (χ1) is 6.83. The lowest BCUT2D eigenvalue weighted by atomic mass is 10.2. The number of aromatic nitrogens is 2. The minimum absolute atomic E-state index is 0.00317. The second-order valence-electron chi connectivity index (χ2n) is 2.95. The highest BCUT2D eigenvalue weighted by molar-refractivity contribution is 5.90. The Morgan fingerprint density at radius 1 is 1.64 bits per heavy atom. The number of carbonyl (C=O) groups excluding carboxylic acids is 1. The van der Waals surface area contributed by atoms with Crippen LogP contribution in [0, 0.1) is 12.3 Å². The Morgan fingerprint density at radius 3 is 3.14 bits per heavy atom. The molecule has 0 bridgehead atoms. The third kappa shape index (κ3) is 3.76. The Hall–Kier alpha value is -1.76. The van der Waals surface area contributed by atoms with E-state index in [0.717, 1.165) is 19.3 Å². The number of anilines is 1. The van der Waals surface area contributed by atoms with Gasteiger partial charge in [-0.2, -0.15) is 5.10 Å². The van der Waals surface area contributed by atoms with Gasteiger partial charge in [-0.25, -0.2) is 0 Å². The quantitative estimate of drug-likeness (QED) is 0.548. The van der Waals surface area contributed by atoms with E-state index in [0.29, 0.717) is 12.1 Å². The number of hydrogen-bond acceptors (Lipinski definition) is 2. The summed E-state index contributed by atoms with van der Waals surface area (Å²) >= 11 is 0. The maximum atomic E-state index is 11.3. The van der Waals surface area contributed by atoms with Gasteiger partial charge in [0, 0.05) is 19.0 Å². The van der Waals surface area contributed by atoms with E-state index in [1.165, 1.54) is 0 Å². The molecule has 1 aromatic heterocycles. The van der Waals surface area contributed by atoms with Gasteiger partial charge in [0.2, 0.25) is 5.91 Å². The third-order valence-corrected chi connectivity index (χ3v) is 1.76. The Kier molecular flexibility index (Phi) is 4.29. The van der Waals surface area contributed by atoms with Crippen molar-refractivity contribution in [1.29, 1.82) is 0 Å². The summed E-state index contributed by atoms with van der Waals surface area (Å²) in [5, 5.41) is 9.05. The van der Waals surface area contributed by atoms with E-state index in [1.54, 1.807) is 12.4 Å². The maximum Gasteiger partial charge on any atom is 0.224 e. The highest BCUT2D eigenvalue weighted by atomic mass is 16.1. The molecule has 0 aliphatic rings. The molecule has 0 radical (unpaired) electrons. The lowest BCUT2D eigenvalue weighted by molar-refractivity contribution is -0.116. The van der Waals surface area contributed by atoms with Crippen molar-refractivity contribution in [3.8, 4) is 12.3 Å². The van der Waals surface area contributed by atoms with Gasteiger partial charge < -0.3 is 5.32 Å². The molecule has 74 valence electrons. The number of terminal acetylenes is 1. The van der Waals surface area contributed by atoms with Gasteiger partial charge in [0.25, 0.3) is 0 Å². The molecule has 4 nitrogen and oxygen atoms in total. The number of unbranched alkanes of at least 4 members (excludes halogenated alkanes) is 2. The zero-order valence-electron chi connectivity index (χ0n) is 7.92. The summed E-state index contributed by atoms with van der Waals surface area (Å²) in [5.74, 6) is 2.54. The number of nitrogens with one attached hydrogen (secondary N) is 2. The fourth-order valence-electron chi connectivity index (χ4n) is 1.06. The van der Waals surface area contributed by atoms with Crippen LogP contribution in [0.2, 0.25) is 0 Å². The van der Waals surface area contributed by atoms with Crippen molar-refractivity contribution in [2.75, 3.05) is 5.32 Å². The molecular weight excluding hydrogens is 178 g/mol. The molecule has 1 rings (SSSR count). The number of hydrogen-bond donors (Lipinski definition) is 2. The van der Waals surface area contributed by atoms with Gasteiger partial charge >= 0.3 is 0 Å². The van der Waals surface area contributed by atoms with Crippen LogP contribution in [0.3, 0.4) is 0 Å². The van der Waals surface area contributed by atoms with Crippen LogP contribution in [0.5, 0.6) is 0 Å². The fraction of sp³-hybridized carbons (Fsp3) is 0.400. The van der Waals surface area contributed by atoms with Crippen LogP contribution in [-0.2, 0) is 4.79 Å². The molecular formula is C10H13N3O. The molecule has 1 heterocycles. The largest absolute Gasteiger partial charge is 0.323 e. The summed E-state index contributed by atoms with van der Waals surface area (Å²) in [5.41, 5.74) is 0.701. The van der Waals surface area contributed by atoms with E-state index in [-0.39, 0.29) is 5.91 Å². The van der Waals surface area contributed by atoms with Crippen molar-refractivity contribution in [1.82, 2.24) is 10.2 Å². The average Bonchev–Trinajstić information content (AvgIpc) is 2.65.